The van der Waals surface area contributed by atoms with E-state index in [1.165, 1.54) is 6.07 Å². The van der Waals surface area contributed by atoms with Crippen molar-refractivity contribution in [1.29, 1.82) is 0 Å². The Kier molecular flexibility index (Phi) is 6.13. The Bertz CT molecular complexity index is 540. The number of carbonyl (C=O) groups is 1. The highest BCUT2D eigenvalue weighted by atomic mass is 19.1. The normalized spacial score (nSPS) is 17.3. The number of aliphatic hydroxyl groups is 1. The van der Waals surface area contributed by atoms with Crippen LogP contribution in [0.25, 0.3) is 0 Å². The molecule has 5 heteroatoms. The van der Waals surface area contributed by atoms with Crippen LogP contribution in [-0.4, -0.2) is 35.6 Å². The monoisotopic (exact) mass is 322 g/mol. The van der Waals surface area contributed by atoms with Crippen LogP contribution in [0.3, 0.4) is 0 Å². The van der Waals surface area contributed by atoms with Gasteiger partial charge in [-0.05, 0) is 44.6 Å². The first kappa shape index (κ1) is 17.9. The van der Waals surface area contributed by atoms with Gasteiger partial charge in [-0.2, -0.15) is 0 Å². The zero-order chi connectivity index (χ0) is 16.9. The van der Waals surface area contributed by atoms with Gasteiger partial charge >= 0.3 is 0 Å². The smallest absolute Gasteiger partial charge is 0.223 e. The highest BCUT2D eigenvalue weighted by Gasteiger charge is 2.31. The molecule has 1 amide bonds. The molecule has 1 aromatic rings. The van der Waals surface area contributed by atoms with Gasteiger partial charge in [0.1, 0.15) is 5.82 Å². The van der Waals surface area contributed by atoms with Gasteiger partial charge in [-0.15, -0.1) is 0 Å². The molecule has 0 heterocycles. The maximum Gasteiger partial charge on any atom is 0.223 e. The van der Waals surface area contributed by atoms with Crippen molar-refractivity contribution in [2.45, 2.75) is 57.2 Å². The second kappa shape index (κ2) is 7.88. The van der Waals surface area contributed by atoms with Crippen LogP contribution in [0.5, 0.6) is 0 Å². The summed E-state index contributed by atoms with van der Waals surface area (Å²) in [5.41, 5.74) is 0.640. The molecule has 2 N–H and O–H groups in total. The highest BCUT2D eigenvalue weighted by molar-refractivity contribution is 5.77. The van der Waals surface area contributed by atoms with E-state index in [0.717, 1.165) is 24.8 Å². The van der Waals surface area contributed by atoms with Crippen LogP contribution < -0.4 is 5.32 Å². The summed E-state index contributed by atoms with van der Waals surface area (Å²) in [7, 11) is 3.78. The number of hydrogen-bond acceptors (Lipinski definition) is 3. The SMILES string of the molecule is CN(C)Cc1cc(CNC(=O)CC2(O)CCCCC2)ccc1F. The van der Waals surface area contributed by atoms with Crippen molar-refractivity contribution in [2.75, 3.05) is 14.1 Å². The van der Waals surface area contributed by atoms with Crippen molar-refractivity contribution in [3.05, 3.63) is 35.1 Å². The van der Waals surface area contributed by atoms with E-state index in [-0.39, 0.29) is 18.1 Å². The summed E-state index contributed by atoms with van der Waals surface area (Å²) in [5, 5.41) is 13.2. The summed E-state index contributed by atoms with van der Waals surface area (Å²) in [6, 6.07) is 4.91. The van der Waals surface area contributed by atoms with E-state index in [1.807, 2.05) is 19.0 Å². The Hall–Kier alpha value is -1.46. The van der Waals surface area contributed by atoms with Crippen LogP contribution in [0.1, 0.15) is 49.7 Å². The summed E-state index contributed by atoms with van der Waals surface area (Å²) >= 11 is 0. The number of benzene rings is 1. The number of carbonyl (C=O) groups excluding carboxylic acids is 1. The van der Waals surface area contributed by atoms with Crippen LogP contribution in [0.4, 0.5) is 4.39 Å². The lowest BCUT2D eigenvalue weighted by Gasteiger charge is -2.31. The van der Waals surface area contributed by atoms with Gasteiger partial charge in [0.05, 0.1) is 12.0 Å². The lowest BCUT2D eigenvalue weighted by molar-refractivity contribution is -0.127. The zero-order valence-corrected chi connectivity index (χ0v) is 14.1. The van der Waals surface area contributed by atoms with E-state index < -0.39 is 5.60 Å². The molecule has 0 atom stereocenters. The summed E-state index contributed by atoms with van der Waals surface area (Å²) in [5.74, 6) is -0.377. The van der Waals surface area contributed by atoms with E-state index in [1.54, 1.807) is 12.1 Å². The molecule has 1 fully saturated rings. The lowest BCUT2D eigenvalue weighted by atomic mass is 9.82. The Labute approximate surface area is 137 Å². The minimum Gasteiger partial charge on any atom is -0.389 e. The molecule has 2 rings (SSSR count). The number of amides is 1. The van der Waals surface area contributed by atoms with E-state index >= 15 is 0 Å². The average Bonchev–Trinajstić information content (AvgIpc) is 2.48. The van der Waals surface area contributed by atoms with Crippen molar-refractivity contribution < 1.29 is 14.3 Å². The van der Waals surface area contributed by atoms with Crippen molar-refractivity contribution in [3.8, 4) is 0 Å². The van der Waals surface area contributed by atoms with Crippen molar-refractivity contribution >= 4 is 5.91 Å². The Morgan fingerprint density at radius 3 is 2.65 bits per heavy atom. The molecule has 1 aromatic carbocycles. The molecule has 128 valence electrons. The third kappa shape index (κ3) is 5.59. The van der Waals surface area contributed by atoms with E-state index in [0.29, 0.717) is 31.5 Å². The minimum atomic E-state index is -0.846. The Morgan fingerprint density at radius 1 is 1.30 bits per heavy atom. The van der Waals surface area contributed by atoms with Gasteiger partial charge in [0, 0.05) is 18.7 Å². The van der Waals surface area contributed by atoms with Gasteiger partial charge in [-0.1, -0.05) is 25.3 Å². The second-order valence-electron chi connectivity index (χ2n) is 6.90. The van der Waals surface area contributed by atoms with Crippen LogP contribution in [0.15, 0.2) is 18.2 Å². The number of rotatable bonds is 6. The Morgan fingerprint density at radius 2 is 2.00 bits per heavy atom. The average molecular weight is 322 g/mol. The van der Waals surface area contributed by atoms with E-state index in [2.05, 4.69) is 5.32 Å². The first-order valence-electron chi connectivity index (χ1n) is 8.29. The lowest BCUT2D eigenvalue weighted by Crippen LogP contribution is -2.38. The predicted molar refractivity (Wildman–Crippen MR) is 88.3 cm³/mol. The molecule has 0 aromatic heterocycles. The van der Waals surface area contributed by atoms with Crippen molar-refractivity contribution in [1.82, 2.24) is 10.2 Å². The summed E-state index contributed by atoms with van der Waals surface area (Å²) in [6.45, 7) is 0.878. The summed E-state index contributed by atoms with van der Waals surface area (Å²) < 4.78 is 13.7. The van der Waals surface area contributed by atoms with Gasteiger partial charge in [-0.25, -0.2) is 4.39 Å². The van der Waals surface area contributed by atoms with Gasteiger partial charge < -0.3 is 15.3 Å². The molecule has 1 aliphatic carbocycles. The van der Waals surface area contributed by atoms with E-state index in [4.69, 9.17) is 0 Å². The van der Waals surface area contributed by atoms with Gasteiger partial charge in [0.25, 0.3) is 0 Å². The molecule has 0 saturated heterocycles. The summed E-state index contributed by atoms with van der Waals surface area (Å²) in [6.07, 6.45) is 4.64. The van der Waals surface area contributed by atoms with E-state index in [9.17, 15) is 14.3 Å². The van der Waals surface area contributed by atoms with Gasteiger partial charge in [0.2, 0.25) is 5.91 Å². The fourth-order valence-corrected chi connectivity index (χ4v) is 3.15. The fourth-order valence-electron chi connectivity index (χ4n) is 3.15. The topological polar surface area (TPSA) is 52.6 Å². The van der Waals surface area contributed by atoms with Crippen LogP contribution >= 0.6 is 0 Å². The molecule has 1 saturated carbocycles. The molecule has 0 unspecified atom stereocenters. The quantitative estimate of drug-likeness (QED) is 0.846. The molecular formula is C18H27FN2O2. The Balaban J connectivity index is 1.88. The maximum atomic E-state index is 13.7. The molecule has 1 aliphatic rings. The summed E-state index contributed by atoms with van der Waals surface area (Å²) in [4.78, 5) is 14.0. The van der Waals surface area contributed by atoms with Crippen molar-refractivity contribution in [3.63, 3.8) is 0 Å². The van der Waals surface area contributed by atoms with Crippen LogP contribution in [0.2, 0.25) is 0 Å². The predicted octanol–water partition coefficient (Wildman–Crippen LogP) is 2.59. The number of nitrogens with one attached hydrogen (secondary N) is 1. The molecule has 0 spiro atoms. The molecule has 0 aliphatic heterocycles. The zero-order valence-electron chi connectivity index (χ0n) is 14.1. The third-order valence-corrected chi connectivity index (χ3v) is 4.36. The molecule has 0 radical (unpaired) electrons. The number of hydrogen-bond donors (Lipinski definition) is 2. The first-order valence-corrected chi connectivity index (χ1v) is 8.29. The maximum absolute atomic E-state index is 13.7. The van der Waals surface area contributed by atoms with Gasteiger partial charge in [-0.3, -0.25) is 4.79 Å². The fraction of sp³-hybridized carbons (Fsp3) is 0.611. The number of halogens is 1. The third-order valence-electron chi connectivity index (χ3n) is 4.36. The minimum absolute atomic E-state index is 0.145. The molecule has 23 heavy (non-hydrogen) atoms. The first-order chi connectivity index (χ1) is 10.9. The van der Waals surface area contributed by atoms with Crippen molar-refractivity contribution in [2.24, 2.45) is 0 Å². The standard InChI is InChI=1S/C18H27FN2O2/c1-21(2)13-15-10-14(6-7-16(15)19)12-20-17(22)11-18(23)8-4-3-5-9-18/h6-7,10,23H,3-5,8-9,11-13H2,1-2H3,(H,20,22). The number of nitrogens with zero attached hydrogens (tertiary/aromatic N) is 1. The molecule has 0 bridgehead atoms. The van der Waals surface area contributed by atoms with Crippen LogP contribution in [0, 0.1) is 5.82 Å². The second-order valence-corrected chi connectivity index (χ2v) is 6.90. The largest absolute Gasteiger partial charge is 0.389 e. The molecule has 4 nitrogen and oxygen atoms in total. The van der Waals surface area contributed by atoms with Gasteiger partial charge in [0.15, 0.2) is 0 Å². The van der Waals surface area contributed by atoms with Crippen LogP contribution in [-0.2, 0) is 17.9 Å². The molecular weight excluding hydrogens is 295 g/mol. The highest BCUT2D eigenvalue weighted by Crippen LogP contribution is 2.30.